The largest absolute Gasteiger partial charge is 0.259 e. The maximum atomic E-state index is 11.8. The molecule has 2 nitrogen and oxygen atoms in total. The summed E-state index contributed by atoms with van der Waals surface area (Å²) in [6, 6.07) is 9.44. The number of hydrogen-bond acceptors (Lipinski definition) is 2. The molecule has 1 aromatic rings. The normalized spacial score (nSPS) is 14.1. The van der Waals surface area contributed by atoms with Crippen LogP contribution in [-0.2, 0) is 16.6 Å². The van der Waals surface area contributed by atoms with Crippen LogP contribution in [0.15, 0.2) is 24.3 Å². The molecule has 0 N–H and O–H groups in total. The fourth-order valence-corrected chi connectivity index (χ4v) is 2.95. The van der Waals surface area contributed by atoms with Gasteiger partial charge in [0.25, 0.3) is 0 Å². The first-order valence-corrected chi connectivity index (χ1v) is 6.98. The standard InChI is InChI=1S/C13H17NOS/c1-3-11(2)9-16(15)10-13-6-4-5-12(7-13)8-14/h4-7,11H,3,9-10H2,1-2H3. The molecule has 16 heavy (non-hydrogen) atoms. The Labute approximate surface area is 99.8 Å². The third-order valence-corrected chi connectivity index (χ3v) is 4.15. The molecule has 0 aliphatic rings. The van der Waals surface area contributed by atoms with Crippen LogP contribution < -0.4 is 0 Å². The van der Waals surface area contributed by atoms with Crippen molar-refractivity contribution in [2.24, 2.45) is 5.92 Å². The van der Waals surface area contributed by atoms with E-state index < -0.39 is 10.8 Å². The van der Waals surface area contributed by atoms with E-state index in [1.165, 1.54) is 0 Å². The van der Waals surface area contributed by atoms with Gasteiger partial charge in [-0.25, -0.2) is 0 Å². The van der Waals surface area contributed by atoms with Crippen molar-refractivity contribution >= 4 is 10.8 Å². The second kappa shape index (κ2) is 6.44. The van der Waals surface area contributed by atoms with E-state index in [9.17, 15) is 4.21 Å². The number of rotatable bonds is 5. The van der Waals surface area contributed by atoms with E-state index in [0.29, 0.717) is 17.2 Å². The Morgan fingerprint density at radius 3 is 2.88 bits per heavy atom. The lowest BCUT2D eigenvalue weighted by Gasteiger charge is -2.08. The van der Waals surface area contributed by atoms with Gasteiger partial charge in [0.1, 0.15) is 0 Å². The van der Waals surface area contributed by atoms with Gasteiger partial charge in [0.05, 0.1) is 11.6 Å². The van der Waals surface area contributed by atoms with Crippen LogP contribution in [0, 0.1) is 17.2 Å². The van der Waals surface area contributed by atoms with E-state index in [-0.39, 0.29) is 0 Å². The van der Waals surface area contributed by atoms with Crippen LogP contribution in [0.5, 0.6) is 0 Å². The van der Waals surface area contributed by atoms with E-state index >= 15 is 0 Å². The van der Waals surface area contributed by atoms with E-state index in [0.717, 1.165) is 17.7 Å². The van der Waals surface area contributed by atoms with E-state index in [1.54, 1.807) is 6.07 Å². The topological polar surface area (TPSA) is 40.9 Å². The summed E-state index contributed by atoms with van der Waals surface area (Å²) in [6.07, 6.45) is 1.06. The minimum absolute atomic E-state index is 0.500. The van der Waals surface area contributed by atoms with Crippen molar-refractivity contribution in [2.45, 2.75) is 26.0 Å². The molecule has 2 atom stereocenters. The Morgan fingerprint density at radius 2 is 2.25 bits per heavy atom. The first-order valence-electron chi connectivity index (χ1n) is 5.49. The van der Waals surface area contributed by atoms with Crippen molar-refractivity contribution in [1.29, 1.82) is 5.26 Å². The molecule has 3 heteroatoms. The summed E-state index contributed by atoms with van der Waals surface area (Å²) in [5, 5.41) is 8.75. The highest BCUT2D eigenvalue weighted by molar-refractivity contribution is 7.84. The van der Waals surface area contributed by atoms with Gasteiger partial charge >= 0.3 is 0 Å². The quantitative estimate of drug-likeness (QED) is 0.787. The summed E-state index contributed by atoms with van der Waals surface area (Å²) in [7, 11) is -0.821. The third kappa shape index (κ3) is 4.16. The van der Waals surface area contributed by atoms with Crippen LogP contribution in [0.25, 0.3) is 0 Å². The average molecular weight is 235 g/mol. The zero-order valence-corrected chi connectivity index (χ0v) is 10.6. The minimum atomic E-state index is -0.821. The zero-order valence-electron chi connectivity index (χ0n) is 9.77. The summed E-state index contributed by atoms with van der Waals surface area (Å²) < 4.78 is 11.8. The van der Waals surface area contributed by atoms with Crippen LogP contribution >= 0.6 is 0 Å². The molecule has 0 heterocycles. The lowest BCUT2D eigenvalue weighted by molar-refractivity contribution is 0.615. The number of benzene rings is 1. The molecule has 0 aliphatic heterocycles. The van der Waals surface area contributed by atoms with Crippen molar-refractivity contribution in [2.75, 3.05) is 5.75 Å². The molecule has 0 saturated carbocycles. The number of nitrogens with zero attached hydrogens (tertiary/aromatic N) is 1. The van der Waals surface area contributed by atoms with Crippen LogP contribution in [0.3, 0.4) is 0 Å². The third-order valence-electron chi connectivity index (χ3n) is 2.55. The van der Waals surface area contributed by atoms with Crippen molar-refractivity contribution in [3.8, 4) is 6.07 Å². The highest BCUT2D eigenvalue weighted by atomic mass is 32.2. The first-order chi connectivity index (χ1) is 7.65. The van der Waals surface area contributed by atoms with Gasteiger partial charge in [-0.2, -0.15) is 5.26 Å². The first kappa shape index (κ1) is 12.9. The number of nitriles is 1. The summed E-state index contributed by atoms with van der Waals surface area (Å²) in [5.74, 6) is 1.80. The van der Waals surface area contributed by atoms with E-state index in [1.807, 2.05) is 18.2 Å². The lowest BCUT2D eigenvalue weighted by atomic mass is 10.2. The van der Waals surface area contributed by atoms with Gasteiger partial charge in [-0.05, 0) is 23.6 Å². The van der Waals surface area contributed by atoms with Gasteiger partial charge in [0.2, 0.25) is 0 Å². The molecule has 0 aromatic heterocycles. The SMILES string of the molecule is CCC(C)CS(=O)Cc1cccc(C#N)c1. The molecular weight excluding hydrogens is 218 g/mol. The van der Waals surface area contributed by atoms with Gasteiger partial charge in [0, 0.05) is 22.3 Å². The molecule has 1 aromatic carbocycles. The number of hydrogen-bond donors (Lipinski definition) is 0. The molecule has 0 spiro atoms. The van der Waals surface area contributed by atoms with Crippen molar-refractivity contribution in [3.63, 3.8) is 0 Å². The Hall–Kier alpha value is -1.14. The highest BCUT2D eigenvalue weighted by Crippen LogP contribution is 2.10. The van der Waals surface area contributed by atoms with Crippen molar-refractivity contribution in [1.82, 2.24) is 0 Å². The van der Waals surface area contributed by atoms with Crippen LogP contribution in [0.2, 0.25) is 0 Å². The van der Waals surface area contributed by atoms with Crippen molar-refractivity contribution in [3.05, 3.63) is 35.4 Å². The lowest BCUT2D eigenvalue weighted by Crippen LogP contribution is -2.08. The van der Waals surface area contributed by atoms with Crippen molar-refractivity contribution < 1.29 is 4.21 Å². The minimum Gasteiger partial charge on any atom is -0.259 e. The summed E-state index contributed by atoms with van der Waals surface area (Å²) in [4.78, 5) is 0. The molecular formula is C13H17NOS. The van der Waals surface area contributed by atoms with E-state index in [2.05, 4.69) is 19.9 Å². The monoisotopic (exact) mass is 235 g/mol. The average Bonchev–Trinajstić information content (AvgIpc) is 2.28. The molecule has 0 radical (unpaired) electrons. The van der Waals surface area contributed by atoms with Crippen LogP contribution in [0.1, 0.15) is 31.4 Å². The molecule has 2 unspecified atom stereocenters. The maximum absolute atomic E-state index is 11.8. The van der Waals surface area contributed by atoms with E-state index in [4.69, 9.17) is 5.26 Å². The molecule has 0 saturated heterocycles. The Balaban J connectivity index is 2.60. The Kier molecular flexibility index (Phi) is 5.21. The van der Waals surface area contributed by atoms with Gasteiger partial charge in [0.15, 0.2) is 0 Å². The second-order valence-corrected chi connectivity index (χ2v) is 5.58. The van der Waals surface area contributed by atoms with Crippen LogP contribution in [0.4, 0.5) is 0 Å². The van der Waals surface area contributed by atoms with Gasteiger partial charge in [-0.3, -0.25) is 4.21 Å². The molecule has 86 valence electrons. The zero-order chi connectivity index (χ0) is 12.0. The summed E-state index contributed by atoms with van der Waals surface area (Å²) in [6.45, 7) is 4.22. The highest BCUT2D eigenvalue weighted by Gasteiger charge is 2.07. The predicted molar refractivity (Wildman–Crippen MR) is 67.3 cm³/mol. The fraction of sp³-hybridized carbons (Fsp3) is 0.462. The smallest absolute Gasteiger partial charge is 0.0991 e. The fourth-order valence-electron chi connectivity index (χ4n) is 1.41. The molecule has 0 fully saturated rings. The molecule has 1 rings (SSSR count). The molecule has 0 amide bonds. The predicted octanol–water partition coefficient (Wildman–Crippen LogP) is 2.85. The van der Waals surface area contributed by atoms with Crippen LogP contribution in [-0.4, -0.2) is 9.96 Å². The second-order valence-electron chi connectivity index (χ2n) is 4.08. The summed E-state index contributed by atoms with van der Waals surface area (Å²) in [5.41, 5.74) is 1.62. The van der Waals surface area contributed by atoms with Gasteiger partial charge < -0.3 is 0 Å². The Morgan fingerprint density at radius 1 is 1.50 bits per heavy atom. The van der Waals surface area contributed by atoms with Gasteiger partial charge in [-0.15, -0.1) is 0 Å². The Bertz CT molecular complexity index is 409. The van der Waals surface area contributed by atoms with Gasteiger partial charge in [-0.1, -0.05) is 32.4 Å². The maximum Gasteiger partial charge on any atom is 0.0991 e. The molecule has 0 aliphatic carbocycles. The summed E-state index contributed by atoms with van der Waals surface area (Å²) >= 11 is 0. The molecule has 0 bridgehead atoms.